The molecule has 0 aliphatic heterocycles. The van der Waals surface area contributed by atoms with Crippen molar-refractivity contribution in [2.45, 2.75) is 18.3 Å². The molecule has 1 aromatic carbocycles. The van der Waals surface area contributed by atoms with Crippen molar-refractivity contribution in [3.63, 3.8) is 0 Å². The second-order valence-electron chi connectivity index (χ2n) is 6.84. The molecule has 0 unspecified atom stereocenters. The zero-order chi connectivity index (χ0) is 27.5. The van der Waals surface area contributed by atoms with Gasteiger partial charge >= 0.3 is 24.2 Å². The molecule has 0 saturated heterocycles. The number of hydrogen-bond acceptors (Lipinski definition) is 4. The Morgan fingerprint density at radius 3 is 2.14 bits per heavy atom. The molecule has 36 heavy (non-hydrogen) atoms. The molecule has 0 spiro atoms. The molecule has 0 atom stereocenters. The van der Waals surface area contributed by atoms with Gasteiger partial charge in [-0.2, -0.15) is 35.1 Å². The fraction of sp³-hybridized carbons (Fsp3) is 0.200. The summed E-state index contributed by atoms with van der Waals surface area (Å²) in [6.07, 6.45) is -11.1. The van der Waals surface area contributed by atoms with Crippen LogP contribution in [0.1, 0.15) is 10.4 Å². The molecule has 0 saturated carbocycles. The van der Waals surface area contributed by atoms with Gasteiger partial charge in [-0.05, 0) is 30.3 Å². The maximum absolute atomic E-state index is 13.6. The number of rotatable bonds is 7. The molecule has 16 heteroatoms. The number of quaternary nitrogens is 1. The van der Waals surface area contributed by atoms with E-state index in [2.05, 4.69) is 10.3 Å². The van der Waals surface area contributed by atoms with Crippen molar-refractivity contribution in [3.05, 3.63) is 64.5 Å². The van der Waals surface area contributed by atoms with E-state index in [-0.39, 0.29) is 22.1 Å². The zero-order valence-electron chi connectivity index (χ0n) is 17.8. The highest BCUT2D eigenvalue weighted by molar-refractivity contribution is 6.34. The zero-order valence-corrected chi connectivity index (χ0v) is 18.5. The van der Waals surface area contributed by atoms with Crippen LogP contribution in [0.2, 0.25) is 5.02 Å². The SMILES string of the molecule is C[NH2+]C(C(=O)Nc1ccc(Cl)c(C(=O)Nc2ccccn2)c1)=C(C(=N)C(F)(F)C(F)(F)F)C(F)(F)F. The number of aromatic nitrogens is 1. The first-order valence-electron chi connectivity index (χ1n) is 9.48. The Morgan fingerprint density at radius 2 is 1.64 bits per heavy atom. The van der Waals surface area contributed by atoms with Gasteiger partial charge in [-0.15, -0.1) is 0 Å². The third-order valence-electron chi connectivity index (χ3n) is 4.38. The maximum atomic E-state index is 13.6. The predicted molar refractivity (Wildman–Crippen MR) is 112 cm³/mol. The number of halogens is 9. The van der Waals surface area contributed by atoms with Crippen molar-refractivity contribution in [2.75, 3.05) is 17.7 Å². The summed E-state index contributed by atoms with van der Waals surface area (Å²) in [5.41, 5.74) is -8.25. The van der Waals surface area contributed by atoms with Crippen LogP contribution in [0.4, 0.5) is 46.6 Å². The van der Waals surface area contributed by atoms with Crippen molar-refractivity contribution >= 4 is 40.6 Å². The smallest absolute Gasteiger partial charge is 0.317 e. The van der Waals surface area contributed by atoms with E-state index in [0.29, 0.717) is 5.32 Å². The molecule has 7 nitrogen and oxygen atoms in total. The number of carbonyl (C=O) groups is 2. The molecule has 194 valence electrons. The van der Waals surface area contributed by atoms with Gasteiger partial charge < -0.3 is 16.0 Å². The van der Waals surface area contributed by atoms with Gasteiger partial charge in [-0.1, -0.05) is 17.7 Å². The number of carbonyl (C=O) groups excluding carboxylic acids is 2. The number of nitrogens with one attached hydrogen (secondary N) is 3. The molecule has 0 bridgehead atoms. The van der Waals surface area contributed by atoms with Gasteiger partial charge in [0.25, 0.3) is 5.91 Å². The number of allylic oxidation sites excluding steroid dienone is 1. The van der Waals surface area contributed by atoms with Crippen molar-refractivity contribution in [1.82, 2.24) is 4.98 Å². The summed E-state index contributed by atoms with van der Waals surface area (Å²) in [5.74, 6) is -8.71. The Morgan fingerprint density at radius 1 is 1.00 bits per heavy atom. The van der Waals surface area contributed by atoms with Gasteiger partial charge in [0.05, 0.1) is 17.6 Å². The number of nitrogens with zero attached hydrogens (tertiary/aromatic N) is 1. The fourth-order valence-corrected chi connectivity index (χ4v) is 2.92. The largest absolute Gasteiger partial charge is 0.459 e. The first-order chi connectivity index (χ1) is 16.5. The quantitative estimate of drug-likeness (QED) is 0.239. The van der Waals surface area contributed by atoms with E-state index in [9.17, 15) is 44.7 Å². The minimum Gasteiger partial charge on any atom is -0.317 e. The van der Waals surface area contributed by atoms with Gasteiger partial charge in [0.1, 0.15) is 17.1 Å². The van der Waals surface area contributed by atoms with Gasteiger partial charge in [-0.25, -0.2) is 4.98 Å². The molecule has 2 amide bonds. The topological polar surface area (TPSA) is 112 Å². The fourth-order valence-electron chi connectivity index (χ4n) is 2.71. The molecule has 0 radical (unpaired) electrons. The maximum Gasteiger partial charge on any atom is 0.459 e. The monoisotopic (exact) mass is 544 g/mol. The summed E-state index contributed by atoms with van der Waals surface area (Å²) in [4.78, 5) is 28.8. The Balaban J connectivity index is 2.46. The minimum atomic E-state index is -6.53. The summed E-state index contributed by atoms with van der Waals surface area (Å²) in [5, 5.41) is 11.4. The van der Waals surface area contributed by atoms with Crippen molar-refractivity contribution in [2.24, 2.45) is 0 Å². The van der Waals surface area contributed by atoms with Gasteiger partial charge in [0.15, 0.2) is 0 Å². The molecule has 2 rings (SSSR count). The third-order valence-corrected chi connectivity index (χ3v) is 4.71. The van der Waals surface area contributed by atoms with Crippen LogP contribution in [0.15, 0.2) is 53.9 Å². The van der Waals surface area contributed by atoms with E-state index in [0.717, 1.165) is 25.2 Å². The van der Waals surface area contributed by atoms with Crippen LogP contribution in [-0.2, 0) is 4.79 Å². The standard InChI is InChI=1S/C20H14ClF8N5O2/c1-31-14(13(19(24,25)26)15(30)18(22,23)20(27,28)29)17(36)33-9-5-6-11(21)10(8-9)16(35)34-12-4-2-3-7-32-12/h2-8,30-31H,1H3,(H,33,36)(H,32,34,35)/p+1. The van der Waals surface area contributed by atoms with Gasteiger partial charge in [0.2, 0.25) is 5.70 Å². The second kappa shape index (κ2) is 10.6. The van der Waals surface area contributed by atoms with Crippen LogP contribution in [0.25, 0.3) is 0 Å². The Bertz CT molecular complexity index is 1200. The highest BCUT2D eigenvalue weighted by Crippen LogP contribution is 2.41. The first kappa shape index (κ1) is 28.6. The summed E-state index contributed by atoms with van der Waals surface area (Å²) < 4.78 is 105. The van der Waals surface area contributed by atoms with Crippen LogP contribution in [0.3, 0.4) is 0 Å². The van der Waals surface area contributed by atoms with Crippen molar-refractivity contribution in [1.29, 1.82) is 5.41 Å². The number of pyridine rings is 1. The number of amides is 2. The molecule has 5 N–H and O–H groups in total. The average Bonchev–Trinajstić information content (AvgIpc) is 2.77. The minimum absolute atomic E-state index is 0.109. The van der Waals surface area contributed by atoms with Crippen LogP contribution in [0.5, 0.6) is 0 Å². The Hall–Kier alpha value is -3.59. The van der Waals surface area contributed by atoms with Crippen molar-refractivity contribution in [3.8, 4) is 0 Å². The van der Waals surface area contributed by atoms with Crippen LogP contribution in [0, 0.1) is 5.41 Å². The average molecular weight is 545 g/mol. The first-order valence-corrected chi connectivity index (χ1v) is 9.86. The number of hydrogen-bond donors (Lipinski definition) is 4. The third kappa shape index (κ3) is 6.34. The Kier molecular flexibility index (Phi) is 8.41. The lowest BCUT2D eigenvalue weighted by molar-refractivity contribution is -0.571. The van der Waals surface area contributed by atoms with Gasteiger partial charge in [-0.3, -0.25) is 15.0 Å². The van der Waals surface area contributed by atoms with E-state index >= 15 is 0 Å². The molecule has 0 aliphatic rings. The number of likely N-dealkylation sites (N-methyl/N-ethyl adjacent to an activating group) is 1. The molecular formula is C20H15ClF8N5O2+. The lowest BCUT2D eigenvalue weighted by Gasteiger charge is -2.23. The van der Waals surface area contributed by atoms with E-state index in [1.54, 1.807) is 12.1 Å². The number of benzene rings is 1. The van der Waals surface area contributed by atoms with Gasteiger partial charge in [0, 0.05) is 11.9 Å². The van der Waals surface area contributed by atoms with Crippen LogP contribution in [-0.4, -0.2) is 47.8 Å². The highest BCUT2D eigenvalue weighted by atomic mass is 35.5. The lowest BCUT2D eigenvalue weighted by atomic mass is 10.0. The molecular weight excluding hydrogens is 530 g/mol. The number of anilines is 2. The van der Waals surface area contributed by atoms with E-state index in [4.69, 9.17) is 17.0 Å². The normalized spacial score (nSPS) is 13.1. The summed E-state index contributed by atoms with van der Waals surface area (Å²) in [6.45, 7) is 0. The lowest BCUT2D eigenvalue weighted by Crippen LogP contribution is -2.80. The van der Waals surface area contributed by atoms with E-state index in [1.165, 1.54) is 12.3 Å². The van der Waals surface area contributed by atoms with Crippen LogP contribution >= 0.6 is 11.6 Å². The van der Waals surface area contributed by atoms with E-state index in [1.807, 2.05) is 5.32 Å². The molecule has 2 aromatic rings. The second-order valence-corrected chi connectivity index (χ2v) is 7.25. The molecule has 0 fully saturated rings. The summed E-state index contributed by atoms with van der Waals surface area (Å²) >= 11 is 5.95. The highest BCUT2D eigenvalue weighted by Gasteiger charge is 2.65. The van der Waals surface area contributed by atoms with Crippen molar-refractivity contribution < 1.29 is 50.0 Å². The number of nitrogens with two attached hydrogens (primary N) is 1. The molecule has 1 heterocycles. The summed E-state index contributed by atoms with van der Waals surface area (Å²) in [6, 6.07) is 7.58. The van der Waals surface area contributed by atoms with E-state index < -0.39 is 47.1 Å². The molecule has 1 aromatic heterocycles. The molecule has 0 aliphatic carbocycles. The Labute approximate surface area is 202 Å². The van der Waals surface area contributed by atoms with Crippen LogP contribution < -0.4 is 16.0 Å². The number of alkyl halides is 8. The predicted octanol–water partition coefficient (Wildman–Crippen LogP) is 4.15. The summed E-state index contributed by atoms with van der Waals surface area (Å²) in [7, 11) is 0.771.